The van der Waals surface area contributed by atoms with Crippen LogP contribution in [0.3, 0.4) is 0 Å². The molecule has 8 aromatic rings. The highest BCUT2D eigenvalue weighted by Gasteiger charge is 2.24. The second-order valence-corrected chi connectivity index (χ2v) is 17.5. The van der Waals surface area contributed by atoms with Crippen LogP contribution in [0, 0.1) is 96.9 Å². The maximum atomic E-state index is 2.52. The Kier molecular flexibility index (Phi) is 9.75. The van der Waals surface area contributed by atoms with Crippen molar-refractivity contribution in [3.63, 3.8) is 0 Å². The molecule has 0 aliphatic heterocycles. The highest BCUT2D eigenvalue weighted by Crippen LogP contribution is 2.49. The van der Waals surface area contributed by atoms with Crippen molar-refractivity contribution in [3.05, 3.63) is 175 Å². The van der Waals surface area contributed by atoms with E-state index >= 15 is 0 Å². The lowest BCUT2D eigenvalue weighted by Gasteiger charge is -2.31. The Morgan fingerprint density at radius 2 is 0.483 bits per heavy atom. The van der Waals surface area contributed by atoms with E-state index < -0.39 is 0 Å². The Labute approximate surface area is 346 Å². The van der Waals surface area contributed by atoms with Crippen LogP contribution in [-0.4, -0.2) is 0 Å². The Morgan fingerprint density at radius 3 is 0.724 bits per heavy atom. The van der Waals surface area contributed by atoms with E-state index in [2.05, 4.69) is 204 Å². The summed E-state index contributed by atoms with van der Waals surface area (Å²) in [4.78, 5) is 5.05. The second kappa shape index (κ2) is 14.5. The highest BCUT2D eigenvalue weighted by atomic mass is 15.2. The molecule has 0 fully saturated rings. The largest absolute Gasteiger partial charge is 0.310 e. The molecule has 8 rings (SSSR count). The van der Waals surface area contributed by atoms with Gasteiger partial charge in [0.15, 0.2) is 0 Å². The van der Waals surface area contributed by atoms with Gasteiger partial charge in [0.1, 0.15) is 0 Å². The molecule has 0 atom stereocenters. The van der Waals surface area contributed by atoms with Crippen molar-refractivity contribution in [1.29, 1.82) is 0 Å². The summed E-state index contributed by atoms with van der Waals surface area (Å²) in [6, 6.07) is 38.0. The minimum atomic E-state index is 1.18. The van der Waals surface area contributed by atoms with Gasteiger partial charge in [0.2, 0.25) is 0 Å². The van der Waals surface area contributed by atoms with E-state index in [9.17, 15) is 0 Å². The summed E-state index contributed by atoms with van der Waals surface area (Å²) in [5.74, 6) is 0. The summed E-state index contributed by atoms with van der Waals surface area (Å²) in [6.45, 7) is 31.4. The molecule has 0 spiro atoms. The topological polar surface area (TPSA) is 6.48 Å². The summed E-state index contributed by atoms with van der Waals surface area (Å²) in [5, 5.41) is 7.49. The van der Waals surface area contributed by atoms with Gasteiger partial charge < -0.3 is 9.80 Å². The van der Waals surface area contributed by atoms with Crippen molar-refractivity contribution in [1.82, 2.24) is 0 Å². The molecular weight excluding hydrogens is 701 g/mol. The van der Waals surface area contributed by atoms with E-state index in [-0.39, 0.29) is 0 Å². The SMILES string of the molecule is Cc1ccc2c(c1)c(N(c1cc(C)c(C)c(C)c1)c1cc(C)c(C)c(C)c1)cc1c3ccc(C)cc3c(N(c3cc(C)c(C)c(C)c3)c3cc(C)c(C)c(C)c3)cc21. The molecule has 0 saturated carbocycles. The van der Waals surface area contributed by atoms with Crippen molar-refractivity contribution < 1.29 is 0 Å². The number of hydrogen-bond donors (Lipinski definition) is 0. The van der Waals surface area contributed by atoms with E-state index in [1.165, 1.54) is 144 Å². The van der Waals surface area contributed by atoms with E-state index in [1.54, 1.807) is 0 Å². The third-order valence-electron chi connectivity index (χ3n) is 13.5. The van der Waals surface area contributed by atoms with Crippen molar-refractivity contribution in [2.24, 2.45) is 0 Å². The average Bonchev–Trinajstić information content (AvgIpc) is 3.17. The van der Waals surface area contributed by atoms with Gasteiger partial charge in [-0.15, -0.1) is 0 Å². The number of nitrogens with zero attached hydrogens (tertiary/aromatic N) is 2. The number of anilines is 6. The fourth-order valence-electron chi connectivity index (χ4n) is 9.03. The minimum Gasteiger partial charge on any atom is -0.310 e. The zero-order chi connectivity index (χ0) is 41.5. The van der Waals surface area contributed by atoms with Gasteiger partial charge in [0, 0.05) is 33.5 Å². The maximum Gasteiger partial charge on any atom is 0.0546 e. The van der Waals surface area contributed by atoms with Gasteiger partial charge in [-0.05, 0) is 258 Å². The van der Waals surface area contributed by atoms with Crippen molar-refractivity contribution in [2.75, 3.05) is 9.80 Å². The average molecular weight is 759 g/mol. The van der Waals surface area contributed by atoms with Crippen LogP contribution in [0.2, 0.25) is 0 Å². The Bertz CT molecular complexity index is 2580. The first-order valence-electron chi connectivity index (χ1n) is 20.8. The van der Waals surface area contributed by atoms with Gasteiger partial charge in [0.25, 0.3) is 0 Å². The fraction of sp³-hybridized carbons (Fsp3) is 0.250. The first-order chi connectivity index (χ1) is 27.5. The number of rotatable bonds is 6. The molecular formula is C56H58N2. The highest BCUT2D eigenvalue weighted by molar-refractivity contribution is 6.24. The summed E-state index contributed by atoms with van der Waals surface area (Å²) in [5.41, 5.74) is 25.4. The van der Waals surface area contributed by atoms with E-state index in [4.69, 9.17) is 0 Å². The van der Waals surface area contributed by atoms with Crippen LogP contribution in [0.25, 0.3) is 32.3 Å². The molecule has 292 valence electrons. The standard InChI is InChI=1S/C56H58N2/c1-31-15-17-49-51-30-56(58(47-25-37(7)43(13)38(8)26-47)48-27-39(9)44(14)40(10)28-48)54-20-32(2)16-18-50(54)52(51)29-55(53(49)19-31)57(45-21-33(3)41(11)34(4)22-45)46-23-35(5)42(12)36(6)24-46/h15-30H,1-14H3. The second-order valence-electron chi connectivity index (χ2n) is 17.5. The molecule has 8 aromatic carbocycles. The zero-order valence-corrected chi connectivity index (χ0v) is 37.1. The zero-order valence-electron chi connectivity index (χ0n) is 37.1. The Balaban J connectivity index is 1.53. The summed E-state index contributed by atoms with van der Waals surface area (Å²) in [7, 11) is 0. The summed E-state index contributed by atoms with van der Waals surface area (Å²) in [6.07, 6.45) is 0. The van der Waals surface area contributed by atoms with E-state index in [0.717, 1.165) is 0 Å². The molecule has 2 heteroatoms. The van der Waals surface area contributed by atoms with Crippen LogP contribution in [0.1, 0.15) is 77.9 Å². The lowest BCUT2D eigenvalue weighted by atomic mass is 9.91. The maximum absolute atomic E-state index is 2.52. The molecule has 0 aromatic heterocycles. The predicted octanol–water partition coefficient (Wildman–Crippen LogP) is 16.4. The van der Waals surface area contributed by atoms with Crippen LogP contribution in [0.5, 0.6) is 0 Å². The molecule has 0 aliphatic carbocycles. The molecule has 0 aliphatic rings. The van der Waals surface area contributed by atoms with Crippen LogP contribution < -0.4 is 9.80 Å². The number of aryl methyl sites for hydroxylation is 10. The van der Waals surface area contributed by atoms with Gasteiger partial charge in [-0.25, -0.2) is 0 Å². The summed E-state index contributed by atoms with van der Waals surface area (Å²) >= 11 is 0. The molecule has 58 heavy (non-hydrogen) atoms. The molecule has 0 saturated heterocycles. The van der Waals surface area contributed by atoms with Crippen LogP contribution in [0.15, 0.2) is 97.1 Å². The first-order valence-corrected chi connectivity index (χ1v) is 20.8. The third-order valence-corrected chi connectivity index (χ3v) is 13.5. The first kappa shape index (κ1) is 39.0. The van der Waals surface area contributed by atoms with Crippen LogP contribution in [-0.2, 0) is 0 Å². The molecule has 0 radical (unpaired) electrons. The van der Waals surface area contributed by atoms with Gasteiger partial charge >= 0.3 is 0 Å². The normalized spacial score (nSPS) is 11.6. The molecule has 2 nitrogen and oxygen atoms in total. The predicted molar refractivity (Wildman–Crippen MR) is 255 cm³/mol. The lowest BCUT2D eigenvalue weighted by molar-refractivity contribution is 1.19. The summed E-state index contributed by atoms with van der Waals surface area (Å²) < 4.78 is 0. The lowest BCUT2D eigenvalue weighted by Crippen LogP contribution is -2.14. The third kappa shape index (κ3) is 6.53. The van der Waals surface area contributed by atoms with Crippen LogP contribution >= 0.6 is 0 Å². The van der Waals surface area contributed by atoms with Gasteiger partial charge in [-0.3, -0.25) is 0 Å². The molecule has 0 heterocycles. The fourth-order valence-corrected chi connectivity index (χ4v) is 9.03. The van der Waals surface area contributed by atoms with Gasteiger partial charge in [-0.2, -0.15) is 0 Å². The van der Waals surface area contributed by atoms with E-state index in [1.807, 2.05) is 0 Å². The molecule has 0 bridgehead atoms. The Morgan fingerprint density at radius 1 is 0.241 bits per heavy atom. The minimum absolute atomic E-state index is 1.18. The molecule has 0 unspecified atom stereocenters. The smallest absolute Gasteiger partial charge is 0.0546 e. The number of hydrogen-bond acceptors (Lipinski definition) is 2. The quantitative estimate of drug-likeness (QED) is 0.156. The van der Waals surface area contributed by atoms with Gasteiger partial charge in [-0.1, -0.05) is 35.4 Å². The number of benzene rings is 8. The Hall–Kier alpha value is -5.86. The molecule has 0 N–H and O–H groups in total. The van der Waals surface area contributed by atoms with Crippen LogP contribution in [0.4, 0.5) is 34.1 Å². The monoisotopic (exact) mass is 758 g/mol. The molecule has 0 amide bonds. The number of fused-ring (bicyclic) bond motifs is 5. The van der Waals surface area contributed by atoms with Crippen molar-refractivity contribution in [2.45, 2.75) is 96.9 Å². The van der Waals surface area contributed by atoms with Crippen molar-refractivity contribution >= 4 is 66.4 Å². The van der Waals surface area contributed by atoms with E-state index in [0.29, 0.717) is 0 Å². The van der Waals surface area contributed by atoms with Gasteiger partial charge in [0.05, 0.1) is 11.4 Å². The van der Waals surface area contributed by atoms with Crippen molar-refractivity contribution in [3.8, 4) is 0 Å².